The van der Waals surface area contributed by atoms with Gasteiger partial charge >= 0.3 is 0 Å². The van der Waals surface area contributed by atoms with Crippen LogP contribution in [0.15, 0.2) is 47.8 Å². The molecule has 0 atom stereocenters. The van der Waals surface area contributed by atoms with Gasteiger partial charge in [0, 0.05) is 27.3 Å². The van der Waals surface area contributed by atoms with Crippen molar-refractivity contribution in [2.45, 2.75) is 0 Å². The number of aromatic nitrogens is 1. The smallest absolute Gasteiger partial charge is 0.187 e. The Morgan fingerprint density at radius 2 is 1.81 bits per heavy atom. The first-order valence-corrected chi connectivity index (χ1v) is 7.79. The second kappa shape index (κ2) is 5.93. The summed E-state index contributed by atoms with van der Waals surface area (Å²) in [7, 11) is 0. The molecule has 1 heterocycles. The molecule has 0 aliphatic heterocycles. The van der Waals surface area contributed by atoms with Crippen molar-refractivity contribution in [3.05, 3.63) is 57.9 Å². The summed E-state index contributed by atoms with van der Waals surface area (Å²) < 4.78 is 0. The van der Waals surface area contributed by atoms with Gasteiger partial charge in [0.2, 0.25) is 0 Å². The van der Waals surface area contributed by atoms with Crippen LogP contribution in [0.4, 0.5) is 16.5 Å². The summed E-state index contributed by atoms with van der Waals surface area (Å²) in [6.07, 6.45) is 0. The normalized spacial score (nSPS) is 10.6. The maximum absolute atomic E-state index is 6.19. The van der Waals surface area contributed by atoms with Gasteiger partial charge in [-0.2, -0.15) is 0 Å². The van der Waals surface area contributed by atoms with Gasteiger partial charge in [-0.1, -0.05) is 23.2 Å². The van der Waals surface area contributed by atoms with Crippen molar-refractivity contribution in [3.63, 3.8) is 0 Å². The number of anilines is 3. The van der Waals surface area contributed by atoms with Gasteiger partial charge in [0.05, 0.1) is 10.7 Å². The Hall–Kier alpha value is -1.75. The Kier molecular flexibility index (Phi) is 4.01. The van der Waals surface area contributed by atoms with Gasteiger partial charge in [0.1, 0.15) is 0 Å². The first kappa shape index (κ1) is 14.2. The van der Waals surface area contributed by atoms with Crippen molar-refractivity contribution in [2.24, 2.45) is 0 Å². The van der Waals surface area contributed by atoms with Crippen molar-refractivity contribution < 1.29 is 0 Å². The number of nitrogens with one attached hydrogen (secondary N) is 1. The van der Waals surface area contributed by atoms with Crippen LogP contribution in [-0.4, -0.2) is 4.98 Å². The van der Waals surface area contributed by atoms with Crippen molar-refractivity contribution in [1.29, 1.82) is 0 Å². The van der Waals surface area contributed by atoms with E-state index in [9.17, 15) is 0 Å². The van der Waals surface area contributed by atoms with Gasteiger partial charge in [-0.3, -0.25) is 0 Å². The van der Waals surface area contributed by atoms with Gasteiger partial charge in [-0.15, -0.1) is 11.3 Å². The van der Waals surface area contributed by atoms with Crippen molar-refractivity contribution in [2.75, 3.05) is 11.1 Å². The zero-order chi connectivity index (χ0) is 14.8. The molecule has 3 rings (SSSR count). The number of hydrogen-bond donors (Lipinski definition) is 2. The van der Waals surface area contributed by atoms with Gasteiger partial charge in [0.15, 0.2) is 5.13 Å². The van der Waals surface area contributed by atoms with E-state index in [1.165, 1.54) is 11.3 Å². The number of thiazole rings is 1. The molecular weight excluding hydrogens is 325 g/mol. The topological polar surface area (TPSA) is 50.9 Å². The molecule has 6 heteroatoms. The molecule has 106 valence electrons. The number of halogens is 2. The molecule has 3 aromatic rings. The maximum Gasteiger partial charge on any atom is 0.187 e. The summed E-state index contributed by atoms with van der Waals surface area (Å²) in [5.41, 5.74) is 8.95. The molecule has 0 spiro atoms. The van der Waals surface area contributed by atoms with Gasteiger partial charge in [-0.25, -0.2) is 4.98 Å². The molecule has 0 saturated heterocycles. The van der Waals surface area contributed by atoms with Crippen LogP contribution in [0.3, 0.4) is 0 Å². The lowest BCUT2D eigenvalue weighted by molar-refractivity contribution is 1.38. The summed E-state index contributed by atoms with van der Waals surface area (Å²) in [6.45, 7) is 0. The third-order valence-electron chi connectivity index (χ3n) is 2.87. The van der Waals surface area contributed by atoms with Crippen LogP contribution in [0.2, 0.25) is 10.0 Å². The van der Waals surface area contributed by atoms with Crippen LogP contribution >= 0.6 is 34.5 Å². The molecule has 21 heavy (non-hydrogen) atoms. The number of rotatable bonds is 3. The molecule has 0 fully saturated rings. The Morgan fingerprint density at radius 1 is 1.05 bits per heavy atom. The fourth-order valence-corrected chi connectivity index (χ4v) is 2.96. The first-order valence-electron chi connectivity index (χ1n) is 6.15. The number of nitrogen functional groups attached to an aromatic ring is 1. The summed E-state index contributed by atoms with van der Waals surface area (Å²) in [4.78, 5) is 4.53. The largest absolute Gasteiger partial charge is 0.399 e. The van der Waals surface area contributed by atoms with Crippen LogP contribution in [0.1, 0.15) is 0 Å². The second-order valence-corrected chi connectivity index (χ2v) is 6.11. The standard InChI is InChI=1S/C15H11Cl2N3S/c16-9-1-6-13(17)12(7-9)14-8-21-15(20-14)19-11-4-2-10(18)3-5-11/h1-8H,18H2,(H,19,20). The average molecular weight is 336 g/mol. The van der Waals surface area contributed by atoms with Crippen LogP contribution in [0.5, 0.6) is 0 Å². The average Bonchev–Trinajstić information content (AvgIpc) is 2.92. The highest BCUT2D eigenvalue weighted by Gasteiger charge is 2.09. The van der Waals surface area contributed by atoms with Crippen LogP contribution in [0.25, 0.3) is 11.3 Å². The monoisotopic (exact) mass is 335 g/mol. The minimum absolute atomic E-state index is 0.628. The molecule has 0 unspecified atom stereocenters. The number of nitrogens with zero attached hydrogens (tertiary/aromatic N) is 1. The molecule has 0 aliphatic rings. The molecule has 3 N–H and O–H groups in total. The quantitative estimate of drug-likeness (QED) is 0.626. The minimum atomic E-state index is 0.628. The third-order valence-corrected chi connectivity index (χ3v) is 4.19. The molecule has 0 aliphatic carbocycles. The van der Waals surface area contributed by atoms with E-state index in [4.69, 9.17) is 28.9 Å². The number of nitrogens with two attached hydrogens (primary N) is 1. The zero-order valence-corrected chi connectivity index (χ0v) is 13.1. The van der Waals surface area contributed by atoms with Gasteiger partial charge in [-0.05, 0) is 42.5 Å². The van der Waals surface area contributed by atoms with Gasteiger partial charge in [0.25, 0.3) is 0 Å². The van der Waals surface area contributed by atoms with Crippen LogP contribution in [0, 0.1) is 0 Å². The van der Waals surface area contributed by atoms with Crippen molar-refractivity contribution in [3.8, 4) is 11.3 Å². The lowest BCUT2D eigenvalue weighted by Gasteiger charge is -2.03. The van der Waals surface area contributed by atoms with Crippen LogP contribution < -0.4 is 11.1 Å². The van der Waals surface area contributed by atoms with Crippen molar-refractivity contribution >= 4 is 51.0 Å². The van der Waals surface area contributed by atoms with E-state index in [0.29, 0.717) is 10.0 Å². The molecule has 1 aromatic heterocycles. The Morgan fingerprint density at radius 3 is 2.57 bits per heavy atom. The van der Waals surface area contributed by atoms with E-state index in [2.05, 4.69) is 10.3 Å². The number of benzene rings is 2. The molecule has 2 aromatic carbocycles. The second-order valence-electron chi connectivity index (χ2n) is 4.41. The van der Waals surface area contributed by atoms with Crippen LogP contribution in [-0.2, 0) is 0 Å². The lowest BCUT2D eigenvalue weighted by Crippen LogP contribution is -1.90. The molecule has 0 amide bonds. The Labute approximate surface area is 136 Å². The molecule has 0 saturated carbocycles. The molecular formula is C15H11Cl2N3S. The minimum Gasteiger partial charge on any atom is -0.399 e. The fourth-order valence-electron chi connectivity index (χ4n) is 1.84. The van der Waals surface area contributed by atoms with E-state index in [0.717, 1.165) is 27.8 Å². The molecule has 3 nitrogen and oxygen atoms in total. The predicted octanol–water partition coefficient (Wildman–Crippen LogP) is 5.44. The maximum atomic E-state index is 6.19. The van der Waals surface area contributed by atoms with Gasteiger partial charge < -0.3 is 11.1 Å². The summed E-state index contributed by atoms with van der Waals surface area (Å²) in [6, 6.07) is 12.8. The Balaban J connectivity index is 1.86. The molecule has 0 bridgehead atoms. The highest BCUT2D eigenvalue weighted by atomic mass is 35.5. The molecule has 0 radical (unpaired) electrons. The highest BCUT2D eigenvalue weighted by Crippen LogP contribution is 2.33. The number of hydrogen-bond acceptors (Lipinski definition) is 4. The van der Waals surface area contributed by atoms with E-state index >= 15 is 0 Å². The summed E-state index contributed by atoms with van der Waals surface area (Å²) in [5, 5.41) is 7.22. The summed E-state index contributed by atoms with van der Waals surface area (Å²) in [5.74, 6) is 0. The fraction of sp³-hybridized carbons (Fsp3) is 0. The van der Waals surface area contributed by atoms with E-state index < -0.39 is 0 Å². The summed E-state index contributed by atoms with van der Waals surface area (Å²) >= 11 is 13.7. The highest BCUT2D eigenvalue weighted by molar-refractivity contribution is 7.14. The van der Waals surface area contributed by atoms with E-state index in [1.807, 2.05) is 35.7 Å². The lowest BCUT2D eigenvalue weighted by atomic mass is 10.2. The Bertz CT molecular complexity index is 769. The van der Waals surface area contributed by atoms with E-state index in [1.54, 1.807) is 12.1 Å². The predicted molar refractivity (Wildman–Crippen MR) is 91.7 cm³/mol. The third kappa shape index (κ3) is 3.29. The zero-order valence-electron chi connectivity index (χ0n) is 10.8. The SMILES string of the molecule is Nc1ccc(Nc2nc(-c3cc(Cl)ccc3Cl)cs2)cc1. The first-order chi connectivity index (χ1) is 10.1. The van der Waals surface area contributed by atoms with E-state index in [-0.39, 0.29) is 0 Å². The van der Waals surface area contributed by atoms with Crippen molar-refractivity contribution in [1.82, 2.24) is 4.98 Å².